The van der Waals surface area contributed by atoms with Crippen LogP contribution in [0.5, 0.6) is 5.75 Å². The first kappa shape index (κ1) is 13.5. The number of phenols is 1. The lowest BCUT2D eigenvalue weighted by Crippen LogP contribution is -2.28. The zero-order valence-electron chi connectivity index (χ0n) is 10.9. The van der Waals surface area contributed by atoms with E-state index >= 15 is 0 Å². The molecule has 0 unspecified atom stereocenters. The van der Waals surface area contributed by atoms with Crippen LogP contribution in [0.15, 0.2) is 18.2 Å². The molecule has 1 aromatic rings. The van der Waals surface area contributed by atoms with Gasteiger partial charge in [-0.05, 0) is 33.2 Å². The van der Waals surface area contributed by atoms with Crippen LogP contribution in [0.2, 0.25) is 0 Å². The monoisotopic (exact) mass is 236 g/mol. The molecule has 1 rings (SSSR count). The van der Waals surface area contributed by atoms with E-state index in [0.717, 1.165) is 18.8 Å². The Balaban J connectivity index is 2.79. The van der Waals surface area contributed by atoms with Gasteiger partial charge in [-0.25, -0.2) is 0 Å². The van der Waals surface area contributed by atoms with Crippen LogP contribution in [0.4, 0.5) is 5.69 Å². The number of Topliss-reactive ketones (excluding diaryl/α,β-unsaturated/α-hetero) is 1. The summed E-state index contributed by atoms with van der Waals surface area (Å²) in [5, 5.41) is 9.73. The maximum Gasteiger partial charge on any atom is 0.163 e. The summed E-state index contributed by atoms with van der Waals surface area (Å²) < 4.78 is 0. The molecule has 4 nitrogen and oxygen atoms in total. The predicted octanol–water partition coefficient (Wildman–Crippen LogP) is 1.59. The molecule has 0 aliphatic carbocycles. The van der Waals surface area contributed by atoms with Crippen molar-refractivity contribution in [3.8, 4) is 5.75 Å². The number of likely N-dealkylation sites (N-methyl/N-ethyl adjacent to an activating group) is 2. The molecule has 0 bridgehead atoms. The van der Waals surface area contributed by atoms with Gasteiger partial charge >= 0.3 is 0 Å². The van der Waals surface area contributed by atoms with Crippen molar-refractivity contribution in [2.75, 3.05) is 39.1 Å². The molecule has 0 saturated carbocycles. The third kappa shape index (κ3) is 3.75. The largest absolute Gasteiger partial charge is 0.507 e. The molecule has 1 aromatic carbocycles. The van der Waals surface area contributed by atoms with Crippen LogP contribution in [0.1, 0.15) is 17.3 Å². The number of anilines is 1. The van der Waals surface area contributed by atoms with Crippen molar-refractivity contribution in [3.05, 3.63) is 23.8 Å². The Hall–Kier alpha value is -1.55. The number of hydrogen-bond donors (Lipinski definition) is 1. The van der Waals surface area contributed by atoms with E-state index < -0.39 is 0 Å². The molecule has 17 heavy (non-hydrogen) atoms. The van der Waals surface area contributed by atoms with Crippen LogP contribution in [0.3, 0.4) is 0 Å². The van der Waals surface area contributed by atoms with Crippen LogP contribution in [0.25, 0.3) is 0 Å². The molecule has 4 heteroatoms. The number of ketones is 1. The average Bonchev–Trinajstić information content (AvgIpc) is 2.25. The third-order valence-corrected chi connectivity index (χ3v) is 2.68. The zero-order valence-corrected chi connectivity index (χ0v) is 10.9. The van der Waals surface area contributed by atoms with Gasteiger partial charge in [0.15, 0.2) is 5.78 Å². The standard InChI is InChI=1S/C13H20N2O2/c1-10(16)12-6-5-11(9-13(12)17)15(4)8-7-14(2)3/h5-6,9,17H,7-8H2,1-4H3. The Morgan fingerprint density at radius 1 is 1.24 bits per heavy atom. The van der Waals surface area contributed by atoms with Crippen LogP contribution < -0.4 is 4.90 Å². The number of carbonyl (C=O) groups excluding carboxylic acids is 1. The minimum Gasteiger partial charge on any atom is -0.507 e. The van der Waals surface area contributed by atoms with Gasteiger partial charge in [-0.3, -0.25) is 4.79 Å². The normalized spacial score (nSPS) is 10.6. The van der Waals surface area contributed by atoms with Gasteiger partial charge in [-0.1, -0.05) is 0 Å². The van der Waals surface area contributed by atoms with Crippen molar-refractivity contribution in [2.24, 2.45) is 0 Å². The Morgan fingerprint density at radius 3 is 2.35 bits per heavy atom. The SMILES string of the molecule is CC(=O)c1ccc(N(C)CCN(C)C)cc1O. The van der Waals surface area contributed by atoms with Crippen molar-refractivity contribution in [1.29, 1.82) is 0 Å². The van der Waals surface area contributed by atoms with Gasteiger partial charge in [0, 0.05) is 31.9 Å². The van der Waals surface area contributed by atoms with Crippen molar-refractivity contribution in [2.45, 2.75) is 6.92 Å². The smallest absolute Gasteiger partial charge is 0.163 e. The zero-order chi connectivity index (χ0) is 13.0. The van der Waals surface area contributed by atoms with Gasteiger partial charge in [0.05, 0.1) is 5.56 Å². The second-order valence-electron chi connectivity index (χ2n) is 4.48. The van der Waals surface area contributed by atoms with E-state index in [4.69, 9.17) is 0 Å². The molecular weight excluding hydrogens is 216 g/mol. The molecule has 0 spiro atoms. The predicted molar refractivity (Wildman–Crippen MR) is 69.9 cm³/mol. The topological polar surface area (TPSA) is 43.8 Å². The number of phenolic OH excluding ortho intramolecular Hbond substituents is 1. The van der Waals surface area contributed by atoms with E-state index in [1.807, 2.05) is 32.1 Å². The first-order chi connectivity index (χ1) is 7.91. The first-order valence-corrected chi connectivity index (χ1v) is 5.61. The van der Waals surface area contributed by atoms with Gasteiger partial charge in [-0.15, -0.1) is 0 Å². The van der Waals surface area contributed by atoms with Gasteiger partial charge in [0.2, 0.25) is 0 Å². The lowest BCUT2D eigenvalue weighted by Gasteiger charge is -2.22. The molecule has 0 aliphatic heterocycles. The highest BCUT2D eigenvalue weighted by molar-refractivity contribution is 5.97. The van der Waals surface area contributed by atoms with Gasteiger partial charge in [-0.2, -0.15) is 0 Å². The minimum absolute atomic E-state index is 0.0479. The molecule has 1 N–H and O–H groups in total. The van der Waals surface area contributed by atoms with Crippen LogP contribution in [-0.4, -0.2) is 50.0 Å². The highest BCUT2D eigenvalue weighted by Gasteiger charge is 2.09. The fourth-order valence-electron chi connectivity index (χ4n) is 1.53. The Bertz CT molecular complexity index is 402. The number of benzene rings is 1. The summed E-state index contributed by atoms with van der Waals surface area (Å²) in [4.78, 5) is 15.3. The van der Waals surface area contributed by atoms with E-state index in [-0.39, 0.29) is 11.5 Å². The molecule has 0 amide bonds. The van der Waals surface area contributed by atoms with Crippen molar-refractivity contribution in [3.63, 3.8) is 0 Å². The summed E-state index contributed by atoms with van der Waals surface area (Å²) in [5.41, 5.74) is 1.28. The molecule has 0 fully saturated rings. The van der Waals surface area contributed by atoms with E-state index in [9.17, 15) is 9.90 Å². The number of nitrogens with zero attached hydrogens (tertiary/aromatic N) is 2. The molecule has 0 aromatic heterocycles. The number of carbonyl (C=O) groups is 1. The summed E-state index contributed by atoms with van der Waals surface area (Å²) in [6.07, 6.45) is 0. The second-order valence-corrected chi connectivity index (χ2v) is 4.48. The fourth-order valence-corrected chi connectivity index (χ4v) is 1.53. The lowest BCUT2D eigenvalue weighted by atomic mass is 10.1. The summed E-state index contributed by atoms with van der Waals surface area (Å²) in [7, 11) is 6.00. The summed E-state index contributed by atoms with van der Waals surface area (Å²) in [5.74, 6) is -0.0725. The van der Waals surface area contributed by atoms with E-state index in [2.05, 4.69) is 4.90 Å². The molecule has 94 valence electrons. The highest BCUT2D eigenvalue weighted by atomic mass is 16.3. The maximum absolute atomic E-state index is 11.2. The van der Waals surface area contributed by atoms with Crippen molar-refractivity contribution in [1.82, 2.24) is 4.90 Å². The Labute approximate surface area is 102 Å². The van der Waals surface area contributed by atoms with Crippen molar-refractivity contribution < 1.29 is 9.90 Å². The molecule has 0 aliphatic rings. The van der Waals surface area contributed by atoms with Gasteiger partial charge in [0.25, 0.3) is 0 Å². The van der Waals surface area contributed by atoms with Crippen LogP contribution >= 0.6 is 0 Å². The maximum atomic E-state index is 11.2. The average molecular weight is 236 g/mol. The van der Waals surface area contributed by atoms with Crippen LogP contribution in [0, 0.1) is 0 Å². The first-order valence-electron chi connectivity index (χ1n) is 5.61. The van der Waals surface area contributed by atoms with Crippen LogP contribution in [-0.2, 0) is 0 Å². The third-order valence-electron chi connectivity index (χ3n) is 2.68. The molecule has 0 atom stereocenters. The summed E-state index contributed by atoms with van der Waals surface area (Å²) in [6, 6.07) is 5.15. The molecular formula is C13H20N2O2. The summed E-state index contributed by atoms with van der Waals surface area (Å²) in [6.45, 7) is 3.25. The fraction of sp³-hybridized carbons (Fsp3) is 0.462. The lowest BCUT2D eigenvalue weighted by molar-refractivity contribution is 0.101. The van der Waals surface area contributed by atoms with Crippen molar-refractivity contribution >= 4 is 11.5 Å². The quantitative estimate of drug-likeness (QED) is 0.789. The second kappa shape index (κ2) is 5.68. The van der Waals surface area contributed by atoms with E-state index in [1.165, 1.54) is 6.92 Å². The highest BCUT2D eigenvalue weighted by Crippen LogP contribution is 2.24. The van der Waals surface area contributed by atoms with Gasteiger partial charge in [0.1, 0.15) is 5.75 Å². The number of hydrogen-bond acceptors (Lipinski definition) is 4. The van der Waals surface area contributed by atoms with E-state index in [1.54, 1.807) is 12.1 Å². The molecule has 0 heterocycles. The number of rotatable bonds is 5. The number of aromatic hydroxyl groups is 1. The summed E-state index contributed by atoms with van der Waals surface area (Å²) >= 11 is 0. The molecule has 0 radical (unpaired) electrons. The molecule has 0 saturated heterocycles. The van der Waals surface area contributed by atoms with E-state index in [0.29, 0.717) is 5.56 Å². The Morgan fingerprint density at radius 2 is 1.88 bits per heavy atom. The Kier molecular flexibility index (Phi) is 4.52. The minimum atomic E-state index is -0.120. The van der Waals surface area contributed by atoms with Gasteiger partial charge < -0.3 is 14.9 Å².